The summed E-state index contributed by atoms with van der Waals surface area (Å²) in [6.45, 7) is 3.53. The van der Waals surface area contributed by atoms with Crippen LogP contribution < -0.4 is 0 Å². The van der Waals surface area contributed by atoms with Gasteiger partial charge < -0.3 is 18.9 Å². The van der Waals surface area contributed by atoms with Crippen molar-refractivity contribution in [2.45, 2.75) is 50.9 Å². The molecule has 0 aromatic carbocycles. The fourth-order valence-electron chi connectivity index (χ4n) is 3.10. The second-order valence-corrected chi connectivity index (χ2v) is 7.30. The molecule has 0 aromatic rings. The topological polar surface area (TPSA) is 36.9 Å². The van der Waals surface area contributed by atoms with E-state index in [2.05, 4.69) is 0 Å². The van der Waals surface area contributed by atoms with Crippen molar-refractivity contribution in [1.29, 1.82) is 0 Å². The van der Waals surface area contributed by atoms with E-state index in [-0.39, 0.29) is 13.2 Å². The molecule has 7 heteroatoms. The fourth-order valence-corrected chi connectivity index (χ4v) is 3.10. The molecule has 4 nitrogen and oxygen atoms in total. The van der Waals surface area contributed by atoms with E-state index in [0.29, 0.717) is 38.6 Å². The Morgan fingerprint density at radius 2 is 1.43 bits per heavy atom. The fraction of sp³-hybridized carbons (Fsp3) is 0.810. The van der Waals surface area contributed by atoms with E-state index in [1.165, 1.54) is 32.1 Å². The van der Waals surface area contributed by atoms with Gasteiger partial charge in [0.25, 0.3) is 0 Å². The average Bonchev–Trinajstić information content (AvgIpc) is 2.64. The summed E-state index contributed by atoms with van der Waals surface area (Å²) in [4.78, 5) is 0. The van der Waals surface area contributed by atoms with Gasteiger partial charge in [0, 0.05) is 6.61 Å². The molecule has 2 aliphatic carbocycles. The molecule has 2 unspecified atom stereocenters. The second-order valence-electron chi connectivity index (χ2n) is 7.30. The molecule has 0 N–H and O–H groups in total. The molecule has 0 amide bonds. The van der Waals surface area contributed by atoms with E-state index in [4.69, 9.17) is 18.9 Å². The quantitative estimate of drug-likeness (QED) is 0.354. The Hall–Kier alpha value is -0.890. The van der Waals surface area contributed by atoms with E-state index in [1.54, 1.807) is 0 Å². The first kappa shape index (κ1) is 23.4. The van der Waals surface area contributed by atoms with Crippen LogP contribution in [0.1, 0.15) is 38.5 Å². The maximum atomic E-state index is 13.2. The first-order chi connectivity index (χ1) is 13.7. The summed E-state index contributed by atoms with van der Waals surface area (Å²) >= 11 is 0. The standard InChI is InChI=1S/C21H33F3O4/c22-19-14-18(15-20(23)21(19)24)16-28-13-12-27-11-10-26-9-8-25-7-2-1-4-17-5-3-6-17/h14-15,17,19,21H,1-13,16H2. The van der Waals surface area contributed by atoms with Gasteiger partial charge in [0.15, 0.2) is 12.3 Å². The molecular weight excluding hydrogens is 373 g/mol. The molecule has 28 heavy (non-hydrogen) atoms. The number of alkyl halides is 2. The summed E-state index contributed by atoms with van der Waals surface area (Å²) in [6.07, 6.45) is 5.84. The van der Waals surface area contributed by atoms with Crippen LogP contribution in [-0.4, -0.2) is 65.2 Å². The van der Waals surface area contributed by atoms with Gasteiger partial charge in [-0.15, -0.1) is 0 Å². The molecule has 0 aromatic heterocycles. The lowest BCUT2D eigenvalue weighted by Gasteiger charge is -2.24. The van der Waals surface area contributed by atoms with Crippen LogP contribution in [-0.2, 0) is 18.9 Å². The van der Waals surface area contributed by atoms with E-state index < -0.39 is 18.2 Å². The Morgan fingerprint density at radius 3 is 2.00 bits per heavy atom. The van der Waals surface area contributed by atoms with Gasteiger partial charge in [-0.25, -0.2) is 13.2 Å². The number of allylic oxidation sites excluding steroid dienone is 2. The van der Waals surface area contributed by atoms with Gasteiger partial charge in [-0.3, -0.25) is 0 Å². The summed E-state index contributed by atoms with van der Waals surface area (Å²) in [7, 11) is 0. The molecule has 2 rings (SSSR count). The summed E-state index contributed by atoms with van der Waals surface area (Å²) < 4.78 is 60.8. The van der Waals surface area contributed by atoms with Crippen LogP contribution in [0.3, 0.4) is 0 Å². The van der Waals surface area contributed by atoms with E-state index in [9.17, 15) is 13.2 Å². The van der Waals surface area contributed by atoms with Crippen LogP contribution in [0.5, 0.6) is 0 Å². The number of rotatable bonds is 16. The van der Waals surface area contributed by atoms with Crippen molar-refractivity contribution in [3.05, 3.63) is 23.6 Å². The molecule has 0 heterocycles. The molecule has 0 aliphatic heterocycles. The van der Waals surface area contributed by atoms with Gasteiger partial charge in [-0.05, 0) is 30.1 Å². The van der Waals surface area contributed by atoms with Crippen molar-refractivity contribution in [3.8, 4) is 0 Å². The third kappa shape index (κ3) is 9.54. The summed E-state index contributed by atoms with van der Waals surface area (Å²) in [5.74, 6) is -0.121. The maximum absolute atomic E-state index is 13.2. The van der Waals surface area contributed by atoms with Gasteiger partial charge in [0.1, 0.15) is 5.83 Å². The van der Waals surface area contributed by atoms with Crippen molar-refractivity contribution < 1.29 is 32.1 Å². The van der Waals surface area contributed by atoms with E-state index in [0.717, 1.165) is 31.1 Å². The minimum absolute atomic E-state index is 0.0262. The highest BCUT2D eigenvalue weighted by molar-refractivity contribution is 5.30. The Morgan fingerprint density at radius 1 is 0.821 bits per heavy atom. The monoisotopic (exact) mass is 406 g/mol. The van der Waals surface area contributed by atoms with Crippen LogP contribution >= 0.6 is 0 Å². The first-order valence-corrected chi connectivity index (χ1v) is 10.3. The molecule has 0 radical (unpaired) electrons. The van der Waals surface area contributed by atoms with Crippen molar-refractivity contribution in [2.24, 2.45) is 5.92 Å². The molecular formula is C21H33F3O4. The van der Waals surface area contributed by atoms with Crippen LogP contribution in [0.2, 0.25) is 0 Å². The minimum atomic E-state index is -2.20. The molecule has 0 bridgehead atoms. The molecule has 0 spiro atoms. The van der Waals surface area contributed by atoms with Crippen LogP contribution in [0, 0.1) is 5.92 Å². The molecule has 1 saturated carbocycles. The predicted octanol–water partition coefficient (Wildman–Crippen LogP) is 4.49. The van der Waals surface area contributed by atoms with E-state index >= 15 is 0 Å². The van der Waals surface area contributed by atoms with Crippen molar-refractivity contribution in [2.75, 3.05) is 52.9 Å². The second kappa shape index (κ2) is 14.1. The van der Waals surface area contributed by atoms with E-state index in [1.807, 2.05) is 0 Å². The smallest absolute Gasteiger partial charge is 0.186 e. The number of ether oxygens (including phenoxy) is 4. The number of halogens is 3. The summed E-state index contributed by atoms with van der Waals surface area (Å²) in [5.41, 5.74) is 0.297. The van der Waals surface area contributed by atoms with Crippen molar-refractivity contribution >= 4 is 0 Å². The number of hydrogen-bond donors (Lipinski definition) is 0. The van der Waals surface area contributed by atoms with Gasteiger partial charge in [-0.1, -0.05) is 32.1 Å². The lowest BCUT2D eigenvalue weighted by atomic mass is 9.82. The number of unbranched alkanes of at least 4 members (excludes halogenated alkanes) is 1. The third-order valence-corrected chi connectivity index (χ3v) is 5.00. The zero-order valence-electron chi connectivity index (χ0n) is 16.6. The third-order valence-electron chi connectivity index (χ3n) is 5.00. The molecule has 2 aliphatic rings. The summed E-state index contributed by atoms with van der Waals surface area (Å²) in [6, 6.07) is 0. The molecule has 2 atom stereocenters. The SMILES string of the molecule is FC1=CC(COCCOCCOCCOCCCCC2CCC2)=CC(F)C1F. The highest BCUT2D eigenvalue weighted by Crippen LogP contribution is 2.30. The normalized spacial score (nSPS) is 22.7. The van der Waals surface area contributed by atoms with Gasteiger partial charge in [0.05, 0.1) is 46.2 Å². The van der Waals surface area contributed by atoms with Gasteiger partial charge in [0.2, 0.25) is 0 Å². The Labute approximate surface area is 166 Å². The van der Waals surface area contributed by atoms with Gasteiger partial charge in [-0.2, -0.15) is 0 Å². The van der Waals surface area contributed by atoms with Crippen molar-refractivity contribution in [3.63, 3.8) is 0 Å². The van der Waals surface area contributed by atoms with Gasteiger partial charge >= 0.3 is 0 Å². The first-order valence-electron chi connectivity index (χ1n) is 10.3. The Kier molecular flexibility index (Phi) is 11.8. The molecule has 0 saturated heterocycles. The summed E-state index contributed by atoms with van der Waals surface area (Å²) in [5, 5.41) is 0. The average molecular weight is 406 g/mol. The van der Waals surface area contributed by atoms with Crippen LogP contribution in [0.4, 0.5) is 13.2 Å². The molecule has 1 fully saturated rings. The van der Waals surface area contributed by atoms with Crippen LogP contribution in [0.25, 0.3) is 0 Å². The van der Waals surface area contributed by atoms with Crippen LogP contribution in [0.15, 0.2) is 23.6 Å². The largest absolute Gasteiger partial charge is 0.379 e. The lowest BCUT2D eigenvalue weighted by molar-refractivity contribution is -0.0000613. The minimum Gasteiger partial charge on any atom is -0.379 e. The Balaban J connectivity index is 1.29. The predicted molar refractivity (Wildman–Crippen MR) is 102 cm³/mol. The maximum Gasteiger partial charge on any atom is 0.186 e. The Bertz CT molecular complexity index is 480. The van der Waals surface area contributed by atoms with Crippen molar-refractivity contribution in [1.82, 2.24) is 0 Å². The lowest BCUT2D eigenvalue weighted by Crippen LogP contribution is -2.21. The zero-order chi connectivity index (χ0) is 20.0. The molecule has 162 valence electrons. The highest BCUT2D eigenvalue weighted by atomic mass is 19.2. The highest BCUT2D eigenvalue weighted by Gasteiger charge is 2.27. The zero-order valence-corrected chi connectivity index (χ0v) is 16.6. The number of hydrogen-bond acceptors (Lipinski definition) is 4.